The first-order valence-electron chi connectivity index (χ1n) is 9.35. The molecule has 2 heterocycles. The molecular weight excluding hydrogens is 443 g/mol. The summed E-state index contributed by atoms with van der Waals surface area (Å²) in [5.74, 6) is 0. The SMILES string of the molecule is CNC(=O)OCc1nn(C(C)C)c(Sc2cc(Cl)cc(Cl)c2)c1Cc1ccncc1. The molecule has 0 spiro atoms. The zero-order valence-electron chi connectivity index (χ0n) is 16.9. The maximum Gasteiger partial charge on any atom is 0.407 e. The van der Waals surface area contributed by atoms with Crippen molar-refractivity contribution in [3.8, 4) is 0 Å². The number of amides is 1. The van der Waals surface area contributed by atoms with Crippen LogP contribution in [-0.4, -0.2) is 27.9 Å². The minimum absolute atomic E-state index is 0.0731. The maximum atomic E-state index is 11.6. The Bertz CT molecular complexity index is 1010. The van der Waals surface area contributed by atoms with Crippen LogP contribution in [0.2, 0.25) is 10.0 Å². The van der Waals surface area contributed by atoms with Crippen LogP contribution < -0.4 is 5.32 Å². The molecule has 9 heteroatoms. The highest BCUT2D eigenvalue weighted by molar-refractivity contribution is 7.99. The van der Waals surface area contributed by atoms with Gasteiger partial charge in [0.25, 0.3) is 0 Å². The minimum atomic E-state index is -0.500. The lowest BCUT2D eigenvalue weighted by Crippen LogP contribution is -2.19. The Hall–Kier alpha value is -2.22. The number of ether oxygens (including phenoxy) is 1. The molecular formula is C21H22Cl2N4O2S. The van der Waals surface area contributed by atoms with Crippen molar-refractivity contribution < 1.29 is 9.53 Å². The fourth-order valence-electron chi connectivity index (χ4n) is 2.86. The average Bonchev–Trinajstić information content (AvgIpc) is 3.03. The van der Waals surface area contributed by atoms with Crippen molar-refractivity contribution in [2.24, 2.45) is 0 Å². The number of aromatic nitrogens is 3. The van der Waals surface area contributed by atoms with Gasteiger partial charge in [-0.25, -0.2) is 4.79 Å². The third-order valence-corrected chi connectivity index (χ3v) is 5.79. The van der Waals surface area contributed by atoms with E-state index in [1.54, 1.807) is 18.5 Å². The number of hydrogen-bond acceptors (Lipinski definition) is 5. The smallest absolute Gasteiger partial charge is 0.407 e. The Morgan fingerprint density at radius 2 is 1.87 bits per heavy atom. The molecule has 1 N–H and O–H groups in total. The van der Waals surface area contributed by atoms with Crippen molar-refractivity contribution in [2.75, 3.05) is 7.05 Å². The normalized spacial score (nSPS) is 11.0. The van der Waals surface area contributed by atoms with Crippen molar-refractivity contribution in [3.05, 3.63) is 69.6 Å². The second-order valence-electron chi connectivity index (χ2n) is 6.83. The van der Waals surface area contributed by atoms with Crippen LogP contribution in [0.15, 0.2) is 52.6 Å². The van der Waals surface area contributed by atoms with E-state index in [9.17, 15) is 4.79 Å². The van der Waals surface area contributed by atoms with E-state index in [4.69, 9.17) is 33.0 Å². The van der Waals surface area contributed by atoms with Crippen LogP contribution in [-0.2, 0) is 17.8 Å². The summed E-state index contributed by atoms with van der Waals surface area (Å²) < 4.78 is 7.25. The second-order valence-corrected chi connectivity index (χ2v) is 8.77. The van der Waals surface area contributed by atoms with Crippen molar-refractivity contribution in [1.82, 2.24) is 20.1 Å². The number of nitrogens with zero attached hydrogens (tertiary/aromatic N) is 3. The number of pyridine rings is 1. The van der Waals surface area contributed by atoms with Gasteiger partial charge in [0.1, 0.15) is 17.3 Å². The van der Waals surface area contributed by atoms with Gasteiger partial charge in [-0.15, -0.1) is 0 Å². The summed E-state index contributed by atoms with van der Waals surface area (Å²) >= 11 is 13.9. The highest BCUT2D eigenvalue weighted by Gasteiger charge is 2.22. The van der Waals surface area contributed by atoms with E-state index in [-0.39, 0.29) is 12.6 Å². The van der Waals surface area contributed by atoms with E-state index < -0.39 is 6.09 Å². The molecule has 0 fully saturated rings. The molecule has 0 bridgehead atoms. The molecule has 1 amide bonds. The van der Waals surface area contributed by atoms with Gasteiger partial charge in [-0.2, -0.15) is 5.10 Å². The van der Waals surface area contributed by atoms with Gasteiger partial charge >= 0.3 is 6.09 Å². The summed E-state index contributed by atoms with van der Waals surface area (Å²) in [5, 5.41) is 9.32. The van der Waals surface area contributed by atoms with E-state index in [0.717, 1.165) is 21.0 Å². The second kappa shape index (κ2) is 10.2. The number of rotatable bonds is 7. The van der Waals surface area contributed by atoms with Crippen LogP contribution in [0.1, 0.15) is 36.7 Å². The number of halogens is 2. The molecule has 0 saturated heterocycles. The molecule has 30 heavy (non-hydrogen) atoms. The Labute approximate surface area is 189 Å². The molecule has 6 nitrogen and oxygen atoms in total. The molecule has 0 unspecified atom stereocenters. The van der Waals surface area contributed by atoms with Crippen LogP contribution in [0.5, 0.6) is 0 Å². The Balaban J connectivity index is 2.06. The van der Waals surface area contributed by atoms with Crippen LogP contribution in [0, 0.1) is 0 Å². The number of benzene rings is 1. The molecule has 0 aliphatic carbocycles. The van der Waals surface area contributed by atoms with Gasteiger partial charge < -0.3 is 10.1 Å². The summed E-state index contributed by atoms with van der Waals surface area (Å²) in [7, 11) is 1.52. The first kappa shape index (κ1) is 22.5. The van der Waals surface area contributed by atoms with Gasteiger partial charge in [-0.05, 0) is 49.7 Å². The summed E-state index contributed by atoms with van der Waals surface area (Å²) in [6, 6.07) is 9.46. The topological polar surface area (TPSA) is 69.0 Å². The van der Waals surface area contributed by atoms with Crippen LogP contribution >= 0.6 is 35.0 Å². The monoisotopic (exact) mass is 464 g/mol. The molecule has 2 aromatic heterocycles. The molecule has 1 aromatic carbocycles. The molecule has 0 aliphatic heterocycles. The van der Waals surface area contributed by atoms with Gasteiger partial charge in [0.15, 0.2) is 0 Å². The number of carbonyl (C=O) groups is 1. The number of carbonyl (C=O) groups excluding carboxylic acids is 1. The third kappa shape index (κ3) is 5.68. The van der Waals surface area contributed by atoms with E-state index in [1.807, 2.05) is 28.9 Å². The molecule has 0 atom stereocenters. The zero-order valence-corrected chi connectivity index (χ0v) is 19.2. The van der Waals surface area contributed by atoms with E-state index in [1.165, 1.54) is 18.8 Å². The zero-order chi connectivity index (χ0) is 21.7. The first-order valence-corrected chi connectivity index (χ1v) is 10.9. The van der Waals surface area contributed by atoms with Gasteiger partial charge in [-0.3, -0.25) is 9.67 Å². The molecule has 0 radical (unpaired) electrons. The van der Waals surface area contributed by atoms with E-state index >= 15 is 0 Å². The molecule has 3 rings (SSSR count). The quantitative estimate of drug-likeness (QED) is 0.480. The van der Waals surface area contributed by atoms with E-state index in [0.29, 0.717) is 22.2 Å². The molecule has 158 valence electrons. The van der Waals surface area contributed by atoms with Crippen LogP contribution in [0.25, 0.3) is 0 Å². The highest BCUT2D eigenvalue weighted by Crippen LogP contribution is 2.37. The van der Waals surface area contributed by atoms with Crippen LogP contribution in [0.4, 0.5) is 4.79 Å². The van der Waals surface area contributed by atoms with Gasteiger partial charge in [0, 0.05) is 52.4 Å². The minimum Gasteiger partial charge on any atom is -0.443 e. The van der Waals surface area contributed by atoms with Crippen molar-refractivity contribution in [3.63, 3.8) is 0 Å². The lowest BCUT2D eigenvalue weighted by atomic mass is 10.1. The third-order valence-electron chi connectivity index (χ3n) is 4.26. The largest absolute Gasteiger partial charge is 0.443 e. The van der Waals surface area contributed by atoms with Gasteiger partial charge in [0.2, 0.25) is 0 Å². The number of nitrogens with one attached hydrogen (secondary N) is 1. The van der Waals surface area contributed by atoms with Crippen LogP contribution in [0.3, 0.4) is 0 Å². The fourth-order valence-corrected chi connectivity index (χ4v) is 4.77. The average molecular weight is 465 g/mol. The first-order chi connectivity index (χ1) is 14.4. The standard InChI is InChI=1S/C21H22Cl2N4O2S/c1-13(2)27-20(30-17-10-15(22)9-16(23)11-17)18(8-14-4-6-25-7-5-14)19(26-27)12-29-21(28)24-3/h4-7,9-11,13H,8,12H2,1-3H3,(H,24,28). The number of hydrogen-bond donors (Lipinski definition) is 1. The highest BCUT2D eigenvalue weighted by atomic mass is 35.5. The maximum absolute atomic E-state index is 11.6. The molecule has 0 aliphatic rings. The molecule has 0 saturated carbocycles. The van der Waals surface area contributed by atoms with Gasteiger partial charge in [-0.1, -0.05) is 35.0 Å². The lowest BCUT2D eigenvalue weighted by molar-refractivity contribution is 0.140. The predicted octanol–water partition coefficient (Wildman–Crippen LogP) is 5.76. The Kier molecular flexibility index (Phi) is 7.64. The predicted molar refractivity (Wildman–Crippen MR) is 119 cm³/mol. The van der Waals surface area contributed by atoms with Crippen molar-refractivity contribution in [2.45, 2.75) is 42.8 Å². The lowest BCUT2D eigenvalue weighted by Gasteiger charge is -2.13. The molecule has 3 aromatic rings. The van der Waals surface area contributed by atoms with Crippen molar-refractivity contribution in [1.29, 1.82) is 0 Å². The van der Waals surface area contributed by atoms with Gasteiger partial charge in [0.05, 0.1) is 0 Å². The summed E-state index contributed by atoms with van der Waals surface area (Å²) in [6.07, 6.45) is 3.64. The summed E-state index contributed by atoms with van der Waals surface area (Å²) in [6.45, 7) is 4.19. The Morgan fingerprint density at radius 3 is 2.47 bits per heavy atom. The van der Waals surface area contributed by atoms with Crippen molar-refractivity contribution >= 4 is 41.1 Å². The van der Waals surface area contributed by atoms with E-state index in [2.05, 4.69) is 24.1 Å². The fraction of sp³-hybridized carbons (Fsp3) is 0.286. The summed E-state index contributed by atoms with van der Waals surface area (Å²) in [4.78, 5) is 16.6. The summed E-state index contributed by atoms with van der Waals surface area (Å²) in [5.41, 5.74) is 2.78. The number of alkyl carbamates (subject to hydrolysis) is 1. The Morgan fingerprint density at radius 1 is 1.20 bits per heavy atom.